The highest BCUT2D eigenvalue weighted by molar-refractivity contribution is 5.82. The summed E-state index contributed by atoms with van der Waals surface area (Å²) >= 11 is 0. The molecule has 1 fully saturated rings. The highest BCUT2D eigenvalue weighted by Crippen LogP contribution is 2.21. The second kappa shape index (κ2) is 5.34. The molecule has 1 heterocycles. The average Bonchev–Trinajstić information content (AvgIpc) is 1.74. The van der Waals surface area contributed by atoms with Crippen LogP contribution in [0.5, 0.6) is 0 Å². The SMILES string of the molecule is C=C(C)N1CCC1C(C)=O.CC(C)(C)C. The largest absolute Gasteiger partial charge is 0.365 e. The number of likely N-dealkylation sites (tertiary alicyclic amines) is 1. The molecule has 0 spiro atoms. The molecule has 1 saturated heterocycles. The summed E-state index contributed by atoms with van der Waals surface area (Å²) in [4.78, 5) is 12.9. The molecule has 2 nitrogen and oxygen atoms in total. The molecule has 1 atom stereocenters. The Kier molecular flexibility index (Phi) is 5.06. The van der Waals surface area contributed by atoms with Crippen LogP contribution in [0.25, 0.3) is 0 Å². The normalized spacial score (nSPS) is 19.9. The van der Waals surface area contributed by atoms with Crippen LogP contribution in [0.15, 0.2) is 12.3 Å². The van der Waals surface area contributed by atoms with Crippen molar-refractivity contribution in [3.63, 3.8) is 0 Å². The number of carbonyl (C=O) groups is 1. The van der Waals surface area contributed by atoms with Crippen molar-refractivity contribution in [2.75, 3.05) is 6.54 Å². The third kappa shape index (κ3) is 6.32. The molecule has 1 unspecified atom stereocenters. The number of carbonyl (C=O) groups excluding carboxylic acids is 1. The number of nitrogens with zero attached hydrogens (tertiary/aromatic N) is 1. The van der Waals surface area contributed by atoms with Crippen molar-refractivity contribution in [3.05, 3.63) is 12.3 Å². The fourth-order valence-corrected chi connectivity index (χ4v) is 1.27. The fourth-order valence-electron chi connectivity index (χ4n) is 1.27. The first-order valence-electron chi connectivity index (χ1n) is 5.55. The predicted octanol–water partition coefficient (Wildman–Crippen LogP) is 3.24. The van der Waals surface area contributed by atoms with E-state index >= 15 is 0 Å². The van der Waals surface area contributed by atoms with E-state index < -0.39 is 0 Å². The van der Waals surface area contributed by atoms with E-state index in [0.29, 0.717) is 5.41 Å². The van der Waals surface area contributed by atoms with Gasteiger partial charge in [-0.15, -0.1) is 0 Å². The Bertz CT molecular complexity index is 211. The van der Waals surface area contributed by atoms with Gasteiger partial charge in [0.1, 0.15) is 0 Å². The summed E-state index contributed by atoms with van der Waals surface area (Å²) in [5.74, 6) is 0.259. The fraction of sp³-hybridized carbons (Fsp3) is 0.769. The van der Waals surface area contributed by atoms with Gasteiger partial charge in [0.05, 0.1) is 6.04 Å². The maximum atomic E-state index is 10.9. The van der Waals surface area contributed by atoms with Crippen LogP contribution in [0.2, 0.25) is 0 Å². The van der Waals surface area contributed by atoms with Gasteiger partial charge in [-0.05, 0) is 25.7 Å². The molecule has 0 bridgehead atoms. The molecule has 1 aliphatic rings. The van der Waals surface area contributed by atoms with Gasteiger partial charge >= 0.3 is 0 Å². The first kappa shape index (κ1) is 14.2. The molecule has 0 aromatic heterocycles. The summed E-state index contributed by atoms with van der Waals surface area (Å²) < 4.78 is 0. The van der Waals surface area contributed by atoms with Gasteiger partial charge in [-0.1, -0.05) is 34.3 Å². The second-order valence-electron chi connectivity index (χ2n) is 5.84. The first-order valence-corrected chi connectivity index (χ1v) is 5.55. The lowest BCUT2D eigenvalue weighted by atomic mass is 9.99. The first-order chi connectivity index (χ1) is 6.63. The zero-order chi connectivity index (χ0) is 12.2. The van der Waals surface area contributed by atoms with Crippen molar-refractivity contribution >= 4 is 5.78 Å². The van der Waals surface area contributed by atoms with Crippen molar-refractivity contribution in [2.45, 2.75) is 54.0 Å². The molecule has 1 aliphatic heterocycles. The molecule has 0 aliphatic carbocycles. The van der Waals surface area contributed by atoms with Gasteiger partial charge in [-0.2, -0.15) is 0 Å². The Morgan fingerprint density at radius 2 is 1.67 bits per heavy atom. The Morgan fingerprint density at radius 1 is 1.27 bits per heavy atom. The smallest absolute Gasteiger partial charge is 0.152 e. The van der Waals surface area contributed by atoms with Crippen molar-refractivity contribution in [2.24, 2.45) is 5.41 Å². The number of hydrogen-bond acceptors (Lipinski definition) is 2. The van der Waals surface area contributed by atoms with Crippen LogP contribution in [-0.4, -0.2) is 23.3 Å². The van der Waals surface area contributed by atoms with Crippen LogP contribution >= 0.6 is 0 Å². The molecule has 0 radical (unpaired) electrons. The lowest BCUT2D eigenvalue weighted by Gasteiger charge is -2.41. The number of Topliss-reactive ketones (excluding diaryl/α,β-unsaturated/α-hetero) is 1. The van der Waals surface area contributed by atoms with Crippen LogP contribution in [0.1, 0.15) is 48.0 Å². The van der Waals surface area contributed by atoms with Crippen molar-refractivity contribution in [3.8, 4) is 0 Å². The third-order valence-electron chi connectivity index (χ3n) is 1.98. The standard InChI is InChI=1S/C8H13NO.C5H12/c1-6(2)9-5-4-8(9)7(3)10;1-5(2,3)4/h8H,1,4-5H2,2-3H3;1-4H3. The molecular formula is C13H25NO. The Morgan fingerprint density at radius 3 is 1.73 bits per heavy atom. The highest BCUT2D eigenvalue weighted by atomic mass is 16.1. The van der Waals surface area contributed by atoms with Crippen molar-refractivity contribution in [1.29, 1.82) is 0 Å². The molecule has 0 saturated carbocycles. The van der Waals surface area contributed by atoms with E-state index in [9.17, 15) is 4.79 Å². The minimum Gasteiger partial charge on any atom is -0.365 e. The Balaban J connectivity index is 0.000000336. The van der Waals surface area contributed by atoms with Gasteiger partial charge in [0.15, 0.2) is 5.78 Å². The number of allylic oxidation sites excluding steroid dienone is 1. The van der Waals surface area contributed by atoms with Gasteiger partial charge in [0.25, 0.3) is 0 Å². The lowest BCUT2D eigenvalue weighted by Crippen LogP contribution is -2.49. The summed E-state index contributed by atoms with van der Waals surface area (Å²) in [6.07, 6.45) is 1.00. The van der Waals surface area contributed by atoms with Gasteiger partial charge in [-0.25, -0.2) is 0 Å². The number of rotatable bonds is 2. The third-order valence-corrected chi connectivity index (χ3v) is 1.98. The Labute approximate surface area is 94.4 Å². The van der Waals surface area contributed by atoms with E-state index in [1.807, 2.05) is 11.8 Å². The topological polar surface area (TPSA) is 20.3 Å². The maximum Gasteiger partial charge on any atom is 0.152 e. The molecule has 0 N–H and O–H groups in total. The van der Waals surface area contributed by atoms with E-state index in [2.05, 4.69) is 34.3 Å². The van der Waals surface area contributed by atoms with E-state index in [1.54, 1.807) is 6.92 Å². The number of hydrogen-bond donors (Lipinski definition) is 0. The van der Waals surface area contributed by atoms with Gasteiger partial charge in [-0.3, -0.25) is 4.79 Å². The zero-order valence-corrected chi connectivity index (χ0v) is 11.1. The minimum atomic E-state index is 0.137. The van der Waals surface area contributed by atoms with Gasteiger partial charge in [0, 0.05) is 12.2 Å². The van der Waals surface area contributed by atoms with Crippen LogP contribution in [0.3, 0.4) is 0 Å². The number of ketones is 1. The molecular weight excluding hydrogens is 186 g/mol. The molecule has 0 amide bonds. The molecule has 0 aromatic rings. The van der Waals surface area contributed by atoms with Crippen LogP contribution < -0.4 is 0 Å². The summed E-state index contributed by atoms with van der Waals surface area (Å²) in [6, 6.07) is 0.137. The maximum absolute atomic E-state index is 10.9. The van der Waals surface area contributed by atoms with E-state index in [4.69, 9.17) is 0 Å². The second-order valence-corrected chi connectivity index (χ2v) is 5.84. The zero-order valence-electron chi connectivity index (χ0n) is 11.1. The quantitative estimate of drug-likeness (QED) is 0.699. The molecule has 0 aromatic carbocycles. The van der Waals surface area contributed by atoms with Gasteiger partial charge in [0.2, 0.25) is 0 Å². The Hall–Kier alpha value is -0.790. The van der Waals surface area contributed by atoms with Crippen LogP contribution in [0.4, 0.5) is 0 Å². The van der Waals surface area contributed by atoms with E-state index in [1.165, 1.54) is 0 Å². The van der Waals surface area contributed by atoms with Crippen LogP contribution in [0, 0.1) is 5.41 Å². The summed E-state index contributed by atoms with van der Waals surface area (Å²) in [5.41, 5.74) is 1.51. The van der Waals surface area contributed by atoms with E-state index in [-0.39, 0.29) is 11.8 Å². The molecule has 15 heavy (non-hydrogen) atoms. The summed E-state index contributed by atoms with van der Waals surface area (Å²) in [7, 11) is 0. The van der Waals surface area contributed by atoms with Gasteiger partial charge < -0.3 is 4.90 Å². The summed E-state index contributed by atoms with van der Waals surface area (Å²) in [6.45, 7) is 17.1. The molecule has 88 valence electrons. The van der Waals surface area contributed by atoms with Crippen molar-refractivity contribution < 1.29 is 4.79 Å². The lowest BCUT2D eigenvalue weighted by molar-refractivity contribution is -0.124. The average molecular weight is 211 g/mol. The summed E-state index contributed by atoms with van der Waals surface area (Å²) in [5, 5.41) is 0. The van der Waals surface area contributed by atoms with E-state index in [0.717, 1.165) is 18.7 Å². The van der Waals surface area contributed by atoms with Crippen LogP contribution in [-0.2, 0) is 4.79 Å². The molecule has 1 rings (SSSR count). The monoisotopic (exact) mass is 211 g/mol. The highest BCUT2D eigenvalue weighted by Gasteiger charge is 2.30. The van der Waals surface area contributed by atoms with Crippen molar-refractivity contribution in [1.82, 2.24) is 4.90 Å². The minimum absolute atomic E-state index is 0.137. The molecule has 2 heteroatoms. The predicted molar refractivity (Wildman–Crippen MR) is 65.7 cm³/mol.